The molecule has 0 bridgehead atoms. The molecule has 0 atom stereocenters. The van der Waals surface area contributed by atoms with Gasteiger partial charge in [0, 0.05) is 17.7 Å². The summed E-state index contributed by atoms with van der Waals surface area (Å²) < 4.78 is 32.2. The SMILES string of the molecule is O=S(=O)(O)[n+]1ccccc1-c1ccccc1. The van der Waals surface area contributed by atoms with Gasteiger partial charge in [0.1, 0.15) is 0 Å². The molecule has 0 aliphatic carbocycles. The highest BCUT2D eigenvalue weighted by Crippen LogP contribution is 2.14. The zero-order valence-electron chi connectivity index (χ0n) is 8.32. The summed E-state index contributed by atoms with van der Waals surface area (Å²) in [5.74, 6) is 0. The maximum Gasteiger partial charge on any atom is 0.511 e. The van der Waals surface area contributed by atoms with Gasteiger partial charge >= 0.3 is 10.3 Å². The lowest BCUT2D eigenvalue weighted by Crippen LogP contribution is -2.43. The van der Waals surface area contributed by atoms with E-state index in [2.05, 4.69) is 0 Å². The molecule has 16 heavy (non-hydrogen) atoms. The highest BCUT2D eigenvalue weighted by atomic mass is 32.2. The molecule has 0 aliphatic rings. The van der Waals surface area contributed by atoms with Crippen LogP contribution in [0.5, 0.6) is 0 Å². The van der Waals surface area contributed by atoms with Crippen LogP contribution in [0.25, 0.3) is 11.3 Å². The third-order valence-corrected chi connectivity index (χ3v) is 2.96. The standard InChI is InChI=1S/C11H9NO3S/c13-16(14,15)12-9-5-4-8-11(12)10-6-2-1-3-7-10/h1-9H/p+1. The van der Waals surface area contributed by atoms with Crippen LogP contribution in [-0.2, 0) is 10.3 Å². The van der Waals surface area contributed by atoms with Gasteiger partial charge in [-0.05, 0) is 18.2 Å². The predicted octanol–water partition coefficient (Wildman–Crippen LogP) is 1.29. The third kappa shape index (κ3) is 2.10. The Hall–Kier alpha value is -1.72. The Morgan fingerprint density at radius 1 is 0.938 bits per heavy atom. The lowest BCUT2D eigenvalue weighted by atomic mass is 10.1. The first-order valence-electron chi connectivity index (χ1n) is 4.63. The summed E-state index contributed by atoms with van der Waals surface area (Å²) in [6.07, 6.45) is 1.30. The van der Waals surface area contributed by atoms with E-state index in [1.807, 2.05) is 6.07 Å². The minimum Gasteiger partial charge on any atom is -0.233 e. The van der Waals surface area contributed by atoms with E-state index in [-0.39, 0.29) is 0 Å². The van der Waals surface area contributed by atoms with Crippen LogP contribution < -0.4 is 3.97 Å². The Kier molecular flexibility index (Phi) is 2.72. The summed E-state index contributed by atoms with van der Waals surface area (Å²) in [5, 5.41) is 0. The second-order valence-electron chi connectivity index (χ2n) is 3.23. The smallest absolute Gasteiger partial charge is 0.233 e. The molecule has 0 radical (unpaired) electrons. The van der Waals surface area contributed by atoms with Crippen molar-refractivity contribution in [1.29, 1.82) is 0 Å². The monoisotopic (exact) mass is 236 g/mol. The molecule has 1 heterocycles. The van der Waals surface area contributed by atoms with Gasteiger partial charge in [0.05, 0.1) is 0 Å². The van der Waals surface area contributed by atoms with Gasteiger partial charge in [-0.25, -0.2) is 4.55 Å². The third-order valence-electron chi connectivity index (χ3n) is 2.14. The van der Waals surface area contributed by atoms with Crippen molar-refractivity contribution in [1.82, 2.24) is 0 Å². The summed E-state index contributed by atoms with van der Waals surface area (Å²) in [6, 6.07) is 13.9. The van der Waals surface area contributed by atoms with Gasteiger partial charge in [-0.1, -0.05) is 22.2 Å². The Labute approximate surface area is 93.7 Å². The largest absolute Gasteiger partial charge is 0.511 e. The predicted molar refractivity (Wildman–Crippen MR) is 59.0 cm³/mol. The fraction of sp³-hybridized carbons (Fsp3) is 0. The highest BCUT2D eigenvalue weighted by molar-refractivity contribution is 7.79. The van der Waals surface area contributed by atoms with Crippen molar-refractivity contribution < 1.29 is 16.9 Å². The molecule has 0 unspecified atom stereocenters. The van der Waals surface area contributed by atoms with E-state index in [0.717, 1.165) is 9.54 Å². The molecule has 2 aromatic rings. The Bertz CT molecular complexity index is 594. The van der Waals surface area contributed by atoms with Gasteiger partial charge in [0.15, 0.2) is 6.20 Å². The van der Waals surface area contributed by atoms with E-state index in [9.17, 15) is 8.42 Å². The minimum absolute atomic E-state index is 0.422. The van der Waals surface area contributed by atoms with Crippen LogP contribution in [0, 0.1) is 0 Å². The van der Waals surface area contributed by atoms with E-state index < -0.39 is 10.3 Å². The summed E-state index contributed by atoms with van der Waals surface area (Å²) >= 11 is 0. The average Bonchev–Trinajstić information content (AvgIpc) is 2.29. The second kappa shape index (κ2) is 4.03. The molecule has 1 aromatic heterocycles. The molecule has 5 heteroatoms. The van der Waals surface area contributed by atoms with E-state index >= 15 is 0 Å². The minimum atomic E-state index is -4.26. The molecule has 1 aromatic carbocycles. The number of aromatic nitrogens is 1. The zero-order chi connectivity index (χ0) is 11.6. The van der Waals surface area contributed by atoms with E-state index in [0.29, 0.717) is 5.69 Å². The fourth-order valence-corrected chi connectivity index (χ4v) is 2.10. The maximum absolute atomic E-state index is 11.1. The van der Waals surface area contributed by atoms with Crippen molar-refractivity contribution >= 4 is 10.3 Å². The molecule has 0 amide bonds. The first kappa shape index (κ1) is 10.8. The van der Waals surface area contributed by atoms with Crippen LogP contribution in [0.15, 0.2) is 54.7 Å². The highest BCUT2D eigenvalue weighted by Gasteiger charge is 2.23. The van der Waals surface area contributed by atoms with Crippen molar-refractivity contribution in [2.45, 2.75) is 0 Å². The van der Waals surface area contributed by atoms with E-state index in [4.69, 9.17) is 4.55 Å². The van der Waals surface area contributed by atoms with Crippen molar-refractivity contribution in [3.05, 3.63) is 54.7 Å². The van der Waals surface area contributed by atoms with Crippen molar-refractivity contribution in [2.75, 3.05) is 0 Å². The Morgan fingerprint density at radius 3 is 2.19 bits per heavy atom. The van der Waals surface area contributed by atoms with Crippen molar-refractivity contribution in [2.24, 2.45) is 0 Å². The number of nitrogens with zero attached hydrogens (tertiary/aromatic N) is 1. The fourth-order valence-electron chi connectivity index (χ4n) is 1.46. The first-order chi connectivity index (χ1) is 7.59. The molecule has 2 rings (SSSR count). The molecule has 82 valence electrons. The molecule has 0 saturated carbocycles. The summed E-state index contributed by atoms with van der Waals surface area (Å²) in [4.78, 5) is 0. The van der Waals surface area contributed by atoms with Crippen LogP contribution in [0.1, 0.15) is 0 Å². The van der Waals surface area contributed by atoms with Crippen LogP contribution in [0.4, 0.5) is 0 Å². The number of benzene rings is 1. The quantitative estimate of drug-likeness (QED) is 0.631. The van der Waals surface area contributed by atoms with Gasteiger partial charge < -0.3 is 0 Å². The van der Waals surface area contributed by atoms with Gasteiger partial charge in [0.2, 0.25) is 5.69 Å². The summed E-state index contributed by atoms with van der Waals surface area (Å²) in [5.41, 5.74) is 1.14. The topological polar surface area (TPSA) is 58.3 Å². The molecule has 4 nitrogen and oxygen atoms in total. The Balaban J connectivity index is 2.68. The number of hydrogen-bond donors (Lipinski definition) is 1. The molecule has 0 spiro atoms. The Morgan fingerprint density at radius 2 is 1.56 bits per heavy atom. The second-order valence-corrected chi connectivity index (χ2v) is 4.51. The summed E-state index contributed by atoms with van der Waals surface area (Å²) in [7, 11) is -4.26. The number of hydrogen-bond acceptors (Lipinski definition) is 2. The van der Waals surface area contributed by atoms with Crippen molar-refractivity contribution in [3.63, 3.8) is 0 Å². The zero-order valence-corrected chi connectivity index (χ0v) is 9.13. The van der Waals surface area contributed by atoms with Crippen LogP contribution in [-0.4, -0.2) is 13.0 Å². The van der Waals surface area contributed by atoms with E-state index in [1.165, 1.54) is 6.20 Å². The first-order valence-corrected chi connectivity index (χ1v) is 6.03. The van der Waals surface area contributed by atoms with Crippen molar-refractivity contribution in [3.8, 4) is 11.3 Å². The van der Waals surface area contributed by atoms with Crippen LogP contribution in [0.3, 0.4) is 0 Å². The summed E-state index contributed by atoms with van der Waals surface area (Å²) in [6.45, 7) is 0. The molecule has 0 fully saturated rings. The molecular weight excluding hydrogens is 226 g/mol. The molecule has 0 aliphatic heterocycles. The van der Waals surface area contributed by atoms with E-state index in [1.54, 1.807) is 42.5 Å². The lowest BCUT2D eigenvalue weighted by Gasteiger charge is -1.99. The van der Waals surface area contributed by atoms with Gasteiger partial charge in [-0.2, -0.15) is 0 Å². The number of rotatable bonds is 2. The maximum atomic E-state index is 11.1. The lowest BCUT2D eigenvalue weighted by molar-refractivity contribution is -0.506. The number of pyridine rings is 1. The van der Waals surface area contributed by atoms with Crippen LogP contribution in [0.2, 0.25) is 0 Å². The molecular formula is C11H10NO3S+. The molecule has 1 N–H and O–H groups in total. The van der Waals surface area contributed by atoms with Gasteiger partial charge in [0.25, 0.3) is 0 Å². The van der Waals surface area contributed by atoms with Gasteiger partial charge in [-0.15, -0.1) is 8.42 Å². The normalized spacial score (nSPS) is 11.3. The van der Waals surface area contributed by atoms with Gasteiger partial charge in [-0.3, -0.25) is 0 Å². The molecule has 0 saturated heterocycles. The van der Waals surface area contributed by atoms with Crippen LogP contribution >= 0.6 is 0 Å². The average molecular weight is 236 g/mol.